The van der Waals surface area contributed by atoms with E-state index in [0.717, 1.165) is 6.21 Å². The standard InChI is InChI=1S/C7H12F3N/c1-5(2)6(4-11-3)7(8,9)10/h4-6H,1-3H3. The minimum absolute atomic E-state index is 0.446. The lowest BCUT2D eigenvalue weighted by Gasteiger charge is -2.18. The van der Waals surface area contributed by atoms with Crippen LogP contribution in [0.15, 0.2) is 4.99 Å². The van der Waals surface area contributed by atoms with Crippen molar-refractivity contribution >= 4 is 6.21 Å². The molecule has 0 saturated heterocycles. The van der Waals surface area contributed by atoms with Crippen LogP contribution in [0, 0.1) is 11.8 Å². The minimum Gasteiger partial charge on any atom is -0.300 e. The Bertz CT molecular complexity index is 137. The van der Waals surface area contributed by atoms with Gasteiger partial charge in [-0.2, -0.15) is 13.2 Å². The summed E-state index contributed by atoms with van der Waals surface area (Å²) in [4.78, 5) is 3.38. The summed E-state index contributed by atoms with van der Waals surface area (Å²) < 4.78 is 36.2. The average molecular weight is 167 g/mol. The molecule has 0 spiro atoms. The van der Waals surface area contributed by atoms with Gasteiger partial charge >= 0.3 is 6.18 Å². The van der Waals surface area contributed by atoms with Gasteiger partial charge in [0.2, 0.25) is 0 Å². The molecule has 1 unspecified atom stereocenters. The van der Waals surface area contributed by atoms with Crippen molar-refractivity contribution in [1.29, 1.82) is 0 Å². The number of aliphatic imine (C=N–C) groups is 1. The lowest BCUT2D eigenvalue weighted by molar-refractivity contribution is -0.163. The van der Waals surface area contributed by atoms with Gasteiger partial charge in [0.25, 0.3) is 0 Å². The first-order valence-electron chi connectivity index (χ1n) is 3.38. The molecule has 0 N–H and O–H groups in total. The van der Waals surface area contributed by atoms with Crippen LogP contribution in [0.2, 0.25) is 0 Å². The molecule has 0 heterocycles. The molecule has 0 aliphatic rings. The Balaban J connectivity index is 4.35. The van der Waals surface area contributed by atoms with E-state index in [4.69, 9.17) is 0 Å². The van der Waals surface area contributed by atoms with Crippen molar-refractivity contribution in [3.63, 3.8) is 0 Å². The molecule has 0 aliphatic carbocycles. The largest absolute Gasteiger partial charge is 0.396 e. The number of alkyl halides is 3. The molecule has 66 valence electrons. The Morgan fingerprint density at radius 3 is 1.82 bits per heavy atom. The lowest BCUT2D eigenvalue weighted by Crippen LogP contribution is -2.28. The minimum atomic E-state index is -4.16. The zero-order valence-electron chi connectivity index (χ0n) is 6.81. The molecule has 0 aromatic carbocycles. The second-order valence-electron chi connectivity index (χ2n) is 2.72. The fourth-order valence-corrected chi connectivity index (χ4v) is 0.795. The molecule has 0 rings (SSSR count). The van der Waals surface area contributed by atoms with Gasteiger partial charge in [-0.25, -0.2) is 0 Å². The molecule has 0 aliphatic heterocycles. The van der Waals surface area contributed by atoms with Gasteiger partial charge in [-0.05, 0) is 5.92 Å². The monoisotopic (exact) mass is 167 g/mol. The van der Waals surface area contributed by atoms with Crippen LogP contribution in [-0.2, 0) is 0 Å². The number of hydrogen-bond donors (Lipinski definition) is 0. The molecular weight excluding hydrogens is 155 g/mol. The smallest absolute Gasteiger partial charge is 0.300 e. The average Bonchev–Trinajstić information content (AvgIpc) is 1.79. The van der Waals surface area contributed by atoms with Crippen molar-refractivity contribution in [3.05, 3.63) is 0 Å². The predicted molar refractivity (Wildman–Crippen MR) is 38.8 cm³/mol. The van der Waals surface area contributed by atoms with Gasteiger partial charge in [0, 0.05) is 13.3 Å². The van der Waals surface area contributed by atoms with E-state index in [9.17, 15) is 13.2 Å². The molecule has 4 heteroatoms. The zero-order valence-corrected chi connectivity index (χ0v) is 6.81. The third-order valence-electron chi connectivity index (χ3n) is 1.41. The lowest BCUT2D eigenvalue weighted by atomic mass is 9.97. The molecule has 0 fully saturated rings. The molecule has 0 bridgehead atoms. The highest BCUT2D eigenvalue weighted by molar-refractivity contribution is 5.61. The van der Waals surface area contributed by atoms with E-state index in [1.165, 1.54) is 20.9 Å². The first-order chi connectivity index (χ1) is 4.89. The third-order valence-corrected chi connectivity index (χ3v) is 1.41. The Morgan fingerprint density at radius 2 is 1.73 bits per heavy atom. The molecule has 0 amide bonds. The Morgan fingerprint density at radius 1 is 1.27 bits per heavy atom. The van der Waals surface area contributed by atoms with E-state index in [-0.39, 0.29) is 0 Å². The van der Waals surface area contributed by atoms with Crippen molar-refractivity contribution in [2.24, 2.45) is 16.8 Å². The van der Waals surface area contributed by atoms with Gasteiger partial charge in [-0.1, -0.05) is 13.8 Å². The van der Waals surface area contributed by atoms with Crippen LogP contribution in [0.4, 0.5) is 13.2 Å². The first-order valence-corrected chi connectivity index (χ1v) is 3.38. The maximum Gasteiger partial charge on any atom is 0.396 e. The van der Waals surface area contributed by atoms with Crippen LogP contribution >= 0.6 is 0 Å². The van der Waals surface area contributed by atoms with Crippen molar-refractivity contribution in [2.45, 2.75) is 20.0 Å². The van der Waals surface area contributed by atoms with Crippen LogP contribution in [0.5, 0.6) is 0 Å². The maximum atomic E-state index is 12.1. The molecular formula is C7H12F3N. The number of rotatable bonds is 2. The second kappa shape index (κ2) is 3.74. The summed E-state index contributed by atoms with van der Waals surface area (Å²) in [5.74, 6) is -1.86. The molecule has 0 radical (unpaired) electrons. The van der Waals surface area contributed by atoms with E-state index < -0.39 is 18.0 Å². The summed E-state index contributed by atoms with van der Waals surface area (Å²) in [6, 6.07) is 0. The van der Waals surface area contributed by atoms with Crippen molar-refractivity contribution < 1.29 is 13.2 Å². The topological polar surface area (TPSA) is 12.4 Å². The molecule has 11 heavy (non-hydrogen) atoms. The highest BCUT2D eigenvalue weighted by atomic mass is 19.4. The van der Waals surface area contributed by atoms with E-state index >= 15 is 0 Å². The third kappa shape index (κ3) is 3.39. The Hall–Kier alpha value is -0.540. The van der Waals surface area contributed by atoms with E-state index in [2.05, 4.69) is 4.99 Å². The fraction of sp³-hybridized carbons (Fsp3) is 0.857. The van der Waals surface area contributed by atoms with Gasteiger partial charge in [-0.3, -0.25) is 0 Å². The Labute approximate surface area is 64.3 Å². The molecule has 0 aromatic rings. The number of nitrogens with zero attached hydrogens (tertiary/aromatic N) is 1. The van der Waals surface area contributed by atoms with Gasteiger partial charge < -0.3 is 4.99 Å². The maximum absolute atomic E-state index is 12.1. The second-order valence-corrected chi connectivity index (χ2v) is 2.72. The van der Waals surface area contributed by atoms with E-state index in [1.54, 1.807) is 0 Å². The van der Waals surface area contributed by atoms with Gasteiger partial charge in [0.15, 0.2) is 0 Å². The van der Waals surface area contributed by atoms with E-state index in [0.29, 0.717) is 0 Å². The SMILES string of the molecule is CN=CC(C(C)C)C(F)(F)F. The van der Waals surface area contributed by atoms with Gasteiger partial charge in [0.1, 0.15) is 0 Å². The van der Waals surface area contributed by atoms with Crippen LogP contribution < -0.4 is 0 Å². The van der Waals surface area contributed by atoms with E-state index in [1.807, 2.05) is 0 Å². The fourth-order valence-electron chi connectivity index (χ4n) is 0.795. The first kappa shape index (κ1) is 10.5. The summed E-state index contributed by atoms with van der Waals surface area (Å²) in [6.07, 6.45) is -3.21. The summed E-state index contributed by atoms with van der Waals surface area (Å²) in [5.41, 5.74) is 0. The van der Waals surface area contributed by atoms with Crippen LogP contribution in [0.3, 0.4) is 0 Å². The zero-order chi connectivity index (χ0) is 9.07. The predicted octanol–water partition coefficient (Wildman–Crippen LogP) is 2.52. The van der Waals surface area contributed by atoms with Crippen molar-refractivity contribution in [1.82, 2.24) is 0 Å². The normalized spacial score (nSPS) is 16.3. The highest BCUT2D eigenvalue weighted by Crippen LogP contribution is 2.30. The summed E-state index contributed by atoms with van der Waals surface area (Å²) >= 11 is 0. The van der Waals surface area contributed by atoms with Gasteiger partial charge in [0.05, 0.1) is 5.92 Å². The number of hydrogen-bond acceptors (Lipinski definition) is 1. The number of halogens is 3. The summed E-state index contributed by atoms with van der Waals surface area (Å²) in [6.45, 7) is 3.06. The van der Waals surface area contributed by atoms with Crippen molar-refractivity contribution in [3.8, 4) is 0 Å². The molecule has 1 nitrogen and oxygen atoms in total. The molecule has 0 aromatic heterocycles. The summed E-state index contributed by atoms with van der Waals surface area (Å²) in [7, 11) is 1.35. The summed E-state index contributed by atoms with van der Waals surface area (Å²) in [5, 5.41) is 0. The van der Waals surface area contributed by atoms with Crippen molar-refractivity contribution in [2.75, 3.05) is 7.05 Å². The Kier molecular flexibility index (Phi) is 3.55. The van der Waals surface area contributed by atoms with Gasteiger partial charge in [-0.15, -0.1) is 0 Å². The quantitative estimate of drug-likeness (QED) is 0.560. The highest BCUT2D eigenvalue weighted by Gasteiger charge is 2.40. The van der Waals surface area contributed by atoms with Crippen LogP contribution in [-0.4, -0.2) is 19.4 Å². The van der Waals surface area contributed by atoms with Crippen LogP contribution in [0.25, 0.3) is 0 Å². The molecule has 0 saturated carbocycles. The van der Waals surface area contributed by atoms with Crippen LogP contribution in [0.1, 0.15) is 13.8 Å². The molecule has 1 atom stereocenters.